The summed E-state index contributed by atoms with van der Waals surface area (Å²) in [7, 11) is 1.61. The van der Waals surface area contributed by atoms with E-state index in [0.29, 0.717) is 28.8 Å². The highest BCUT2D eigenvalue weighted by Gasteiger charge is 2.11. The Morgan fingerprint density at radius 1 is 1.20 bits per heavy atom. The molecule has 0 spiro atoms. The van der Waals surface area contributed by atoms with Crippen LogP contribution in [-0.4, -0.2) is 18.0 Å². The summed E-state index contributed by atoms with van der Waals surface area (Å²) in [6, 6.07) is 13.0. The van der Waals surface area contributed by atoms with Crippen LogP contribution in [-0.2, 0) is 6.61 Å². The van der Waals surface area contributed by atoms with Crippen molar-refractivity contribution in [2.45, 2.75) is 13.5 Å². The van der Waals surface area contributed by atoms with Gasteiger partial charge in [-0.15, -0.1) is 11.3 Å². The van der Waals surface area contributed by atoms with Gasteiger partial charge >= 0.3 is 0 Å². The number of ether oxygens (including phenoxy) is 2. The smallest absolute Gasteiger partial charge is 0.266 e. The molecule has 0 aliphatic heterocycles. The zero-order valence-electron chi connectivity index (χ0n) is 14.0. The summed E-state index contributed by atoms with van der Waals surface area (Å²) >= 11 is 1.38. The lowest BCUT2D eigenvalue weighted by molar-refractivity contribution is 0.103. The van der Waals surface area contributed by atoms with E-state index in [1.807, 2.05) is 54.8 Å². The van der Waals surface area contributed by atoms with Gasteiger partial charge in [0.15, 0.2) is 11.5 Å². The van der Waals surface area contributed by atoms with Gasteiger partial charge in [-0.1, -0.05) is 12.1 Å². The Kier molecular flexibility index (Phi) is 5.30. The van der Waals surface area contributed by atoms with E-state index in [4.69, 9.17) is 9.47 Å². The summed E-state index contributed by atoms with van der Waals surface area (Å²) in [6.07, 6.45) is 1.67. The van der Waals surface area contributed by atoms with Gasteiger partial charge in [0.25, 0.3) is 5.91 Å². The molecule has 3 aromatic rings. The second-order valence-corrected chi connectivity index (χ2v) is 6.34. The average Bonchev–Trinajstić information content (AvgIpc) is 3.09. The fourth-order valence-corrected chi connectivity index (χ4v) is 3.04. The van der Waals surface area contributed by atoms with Crippen LogP contribution in [0.15, 0.2) is 54.0 Å². The van der Waals surface area contributed by atoms with Crippen molar-refractivity contribution in [3.63, 3.8) is 0 Å². The monoisotopic (exact) mass is 354 g/mol. The summed E-state index contributed by atoms with van der Waals surface area (Å²) in [5.74, 6) is 1.73. The Hall–Kier alpha value is -2.86. The predicted molar refractivity (Wildman–Crippen MR) is 98.6 cm³/mol. The quantitative estimate of drug-likeness (QED) is 0.717. The SMILES string of the molecule is COc1ccccc1OCc1csc(C(=O)Nc2cc(C)ccn2)c1. The topological polar surface area (TPSA) is 60.5 Å². The zero-order valence-corrected chi connectivity index (χ0v) is 14.8. The number of thiophene rings is 1. The molecule has 2 aromatic heterocycles. The normalized spacial score (nSPS) is 10.3. The van der Waals surface area contributed by atoms with Crippen LogP contribution < -0.4 is 14.8 Å². The second kappa shape index (κ2) is 7.81. The highest BCUT2D eigenvalue weighted by Crippen LogP contribution is 2.27. The number of nitrogens with one attached hydrogen (secondary N) is 1. The molecule has 128 valence electrons. The summed E-state index contributed by atoms with van der Waals surface area (Å²) < 4.78 is 11.0. The molecule has 1 N–H and O–H groups in total. The summed E-state index contributed by atoms with van der Waals surface area (Å²) in [4.78, 5) is 17.1. The van der Waals surface area contributed by atoms with Gasteiger partial charge in [0, 0.05) is 11.8 Å². The number of carbonyl (C=O) groups excluding carboxylic acids is 1. The average molecular weight is 354 g/mol. The van der Waals surface area contributed by atoms with Crippen LogP contribution >= 0.6 is 11.3 Å². The van der Waals surface area contributed by atoms with Crippen molar-refractivity contribution in [2.24, 2.45) is 0 Å². The molecule has 0 bridgehead atoms. The third-order valence-electron chi connectivity index (χ3n) is 3.50. The number of anilines is 1. The standard InChI is InChI=1S/C19H18N2O3S/c1-13-7-8-20-18(9-13)21-19(22)17-10-14(12-25-17)11-24-16-6-4-3-5-15(16)23-2/h3-10,12H,11H2,1-2H3,(H,20,21,22). The van der Waals surface area contributed by atoms with Crippen molar-refractivity contribution in [3.05, 3.63) is 70.0 Å². The van der Waals surface area contributed by atoms with Crippen LogP contribution in [0.3, 0.4) is 0 Å². The Balaban J connectivity index is 1.63. The number of methoxy groups -OCH3 is 1. The van der Waals surface area contributed by atoms with E-state index in [1.54, 1.807) is 13.3 Å². The molecule has 0 fully saturated rings. The van der Waals surface area contributed by atoms with E-state index >= 15 is 0 Å². The lowest BCUT2D eigenvalue weighted by Crippen LogP contribution is -2.11. The number of amides is 1. The van der Waals surface area contributed by atoms with E-state index < -0.39 is 0 Å². The summed E-state index contributed by atoms with van der Waals surface area (Å²) in [6.45, 7) is 2.32. The van der Waals surface area contributed by atoms with Crippen LogP contribution in [0.25, 0.3) is 0 Å². The van der Waals surface area contributed by atoms with Gasteiger partial charge in [-0.2, -0.15) is 0 Å². The number of nitrogens with zero attached hydrogens (tertiary/aromatic N) is 1. The first-order chi connectivity index (χ1) is 12.2. The van der Waals surface area contributed by atoms with Gasteiger partial charge in [0.05, 0.1) is 12.0 Å². The molecule has 1 aromatic carbocycles. The molecule has 25 heavy (non-hydrogen) atoms. The molecule has 0 radical (unpaired) electrons. The number of para-hydroxylation sites is 2. The van der Waals surface area contributed by atoms with Gasteiger partial charge in [0.2, 0.25) is 0 Å². The molecule has 1 amide bonds. The molecule has 0 saturated carbocycles. The number of hydrogen-bond donors (Lipinski definition) is 1. The Morgan fingerprint density at radius 2 is 2.00 bits per heavy atom. The first-order valence-corrected chi connectivity index (χ1v) is 8.61. The van der Waals surface area contributed by atoms with E-state index in [-0.39, 0.29) is 5.91 Å². The number of hydrogen-bond acceptors (Lipinski definition) is 5. The molecular weight excluding hydrogens is 336 g/mol. The van der Waals surface area contributed by atoms with Crippen LogP contribution in [0.2, 0.25) is 0 Å². The van der Waals surface area contributed by atoms with Gasteiger partial charge in [0.1, 0.15) is 12.4 Å². The first kappa shape index (κ1) is 17.0. The summed E-state index contributed by atoms with van der Waals surface area (Å²) in [5, 5.41) is 4.71. The Morgan fingerprint density at radius 3 is 2.76 bits per heavy atom. The molecule has 2 heterocycles. The molecule has 6 heteroatoms. The highest BCUT2D eigenvalue weighted by molar-refractivity contribution is 7.12. The number of benzene rings is 1. The van der Waals surface area contributed by atoms with Crippen molar-refractivity contribution >= 4 is 23.1 Å². The highest BCUT2D eigenvalue weighted by atomic mass is 32.1. The van der Waals surface area contributed by atoms with E-state index in [1.165, 1.54) is 11.3 Å². The van der Waals surface area contributed by atoms with Crippen molar-refractivity contribution in [1.82, 2.24) is 4.98 Å². The molecule has 5 nitrogen and oxygen atoms in total. The van der Waals surface area contributed by atoms with E-state index in [0.717, 1.165) is 11.1 Å². The maximum atomic E-state index is 12.3. The van der Waals surface area contributed by atoms with E-state index in [2.05, 4.69) is 10.3 Å². The fraction of sp³-hybridized carbons (Fsp3) is 0.158. The minimum Gasteiger partial charge on any atom is -0.493 e. The van der Waals surface area contributed by atoms with Crippen molar-refractivity contribution < 1.29 is 14.3 Å². The van der Waals surface area contributed by atoms with Gasteiger partial charge in [-0.25, -0.2) is 4.98 Å². The minimum atomic E-state index is -0.174. The second-order valence-electron chi connectivity index (χ2n) is 5.43. The molecule has 0 atom stereocenters. The van der Waals surface area contributed by atoms with Crippen molar-refractivity contribution in [2.75, 3.05) is 12.4 Å². The predicted octanol–water partition coefficient (Wildman–Crippen LogP) is 4.29. The number of carbonyl (C=O) groups is 1. The van der Waals surface area contributed by atoms with Crippen molar-refractivity contribution in [1.29, 1.82) is 0 Å². The van der Waals surface area contributed by atoms with Crippen LogP contribution in [0.1, 0.15) is 20.8 Å². The lowest BCUT2D eigenvalue weighted by atomic mass is 10.3. The van der Waals surface area contributed by atoms with Gasteiger partial charge in [-0.05, 0) is 48.2 Å². The maximum absolute atomic E-state index is 12.3. The Bertz CT molecular complexity index is 876. The first-order valence-electron chi connectivity index (χ1n) is 7.73. The van der Waals surface area contributed by atoms with Crippen LogP contribution in [0.4, 0.5) is 5.82 Å². The molecule has 3 rings (SSSR count). The third-order valence-corrected chi connectivity index (χ3v) is 4.48. The molecular formula is C19H18N2O3S. The fourth-order valence-electron chi connectivity index (χ4n) is 2.25. The van der Waals surface area contributed by atoms with Crippen LogP contribution in [0, 0.1) is 6.92 Å². The van der Waals surface area contributed by atoms with E-state index in [9.17, 15) is 4.79 Å². The van der Waals surface area contributed by atoms with Gasteiger partial charge < -0.3 is 14.8 Å². The lowest BCUT2D eigenvalue weighted by Gasteiger charge is -2.09. The third kappa shape index (κ3) is 4.36. The minimum absolute atomic E-state index is 0.174. The maximum Gasteiger partial charge on any atom is 0.266 e. The number of aryl methyl sites for hydroxylation is 1. The summed E-state index contributed by atoms with van der Waals surface area (Å²) in [5.41, 5.74) is 1.97. The van der Waals surface area contributed by atoms with Crippen LogP contribution in [0.5, 0.6) is 11.5 Å². The van der Waals surface area contributed by atoms with Crippen molar-refractivity contribution in [3.8, 4) is 11.5 Å². The number of aromatic nitrogens is 1. The largest absolute Gasteiger partial charge is 0.493 e. The molecule has 0 aliphatic rings. The molecule has 0 unspecified atom stereocenters. The van der Waals surface area contributed by atoms with Gasteiger partial charge in [-0.3, -0.25) is 4.79 Å². The number of pyridine rings is 1. The zero-order chi connectivity index (χ0) is 17.6. The molecule has 0 saturated heterocycles. The molecule has 0 aliphatic carbocycles. The Labute approximate surface area is 150 Å². The number of rotatable bonds is 6.